The molecule has 17 heavy (non-hydrogen) atoms. The van der Waals surface area contributed by atoms with Crippen LogP contribution in [-0.4, -0.2) is 0 Å². The molecule has 0 saturated carbocycles. The average Bonchev–Trinajstić information content (AvgIpc) is 2.85. The molecule has 0 nitrogen and oxygen atoms in total. The first kappa shape index (κ1) is 12.2. The molecule has 0 aliphatic heterocycles. The summed E-state index contributed by atoms with van der Waals surface area (Å²) in [7, 11) is 0. The van der Waals surface area contributed by atoms with E-state index in [-0.39, 0.29) is 0 Å². The molecule has 0 atom stereocenters. The minimum absolute atomic E-state index is 1.12. The van der Waals surface area contributed by atoms with E-state index in [1.807, 2.05) is 0 Å². The highest BCUT2D eigenvalue weighted by Crippen LogP contribution is 2.28. The summed E-state index contributed by atoms with van der Waals surface area (Å²) in [5.74, 6) is 0. The van der Waals surface area contributed by atoms with E-state index in [9.17, 15) is 0 Å². The summed E-state index contributed by atoms with van der Waals surface area (Å²) in [5.41, 5.74) is 5.80. The second-order valence-corrected chi connectivity index (χ2v) is 4.82. The second-order valence-electron chi connectivity index (χ2n) is 4.82. The number of rotatable bonds is 5. The standard InChI is InChI=1S/C17H22/c1-3-5-6-15-9-12-17(13-15)16-10-7-14(4-2)8-11-16/h7-8,10-13H,3-6,9H2,1-2H3. The van der Waals surface area contributed by atoms with Crippen molar-refractivity contribution in [1.29, 1.82) is 0 Å². The minimum Gasteiger partial charge on any atom is -0.0726 e. The molecule has 0 bridgehead atoms. The van der Waals surface area contributed by atoms with E-state index in [0.717, 1.165) is 12.8 Å². The van der Waals surface area contributed by atoms with Gasteiger partial charge in [-0.3, -0.25) is 0 Å². The van der Waals surface area contributed by atoms with Crippen LogP contribution in [0.5, 0.6) is 0 Å². The number of allylic oxidation sites excluding steroid dienone is 4. The van der Waals surface area contributed by atoms with Gasteiger partial charge in [0.1, 0.15) is 0 Å². The van der Waals surface area contributed by atoms with Gasteiger partial charge in [0.25, 0.3) is 0 Å². The van der Waals surface area contributed by atoms with Crippen LogP contribution in [-0.2, 0) is 6.42 Å². The molecule has 0 N–H and O–H groups in total. The van der Waals surface area contributed by atoms with Crippen LogP contribution < -0.4 is 0 Å². The van der Waals surface area contributed by atoms with Crippen molar-refractivity contribution in [2.45, 2.75) is 46.0 Å². The third kappa shape index (κ3) is 3.09. The van der Waals surface area contributed by atoms with E-state index >= 15 is 0 Å². The zero-order chi connectivity index (χ0) is 12.1. The summed E-state index contributed by atoms with van der Waals surface area (Å²) < 4.78 is 0. The SMILES string of the molecule is CCCCC1=CC(c2ccc(CC)cc2)=CC1. The van der Waals surface area contributed by atoms with Crippen LogP contribution >= 0.6 is 0 Å². The van der Waals surface area contributed by atoms with Gasteiger partial charge in [0.05, 0.1) is 0 Å². The molecular weight excluding hydrogens is 204 g/mol. The Morgan fingerprint density at radius 2 is 1.82 bits per heavy atom. The number of unbranched alkanes of at least 4 members (excludes halogenated alkanes) is 1. The molecule has 0 heteroatoms. The Balaban J connectivity index is 2.05. The van der Waals surface area contributed by atoms with Gasteiger partial charge in [-0.2, -0.15) is 0 Å². The van der Waals surface area contributed by atoms with Crippen molar-refractivity contribution in [3.05, 3.63) is 53.1 Å². The van der Waals surface area contributed by atoms with Gasteiger partial charge in [0.2, 0.25) is 0 Å². The second kappa shape index (κ2) is 5.86. The third-order valence-electron chi connectivity index (χ3n) is 3.49. The Morgan fingerprint density at radius 1 is 1.06 bits per heavy atom. The topological polar surface area (TPSA) is 0 Å². The van der Waals surface area contributed by atoms with Crippen LogP contribution in [0.25, 0.3) is 5.57 Å². The fraction of sp³-hybridized carbons (Fsp3) is 0.412. The number of aryl methyl sites for hydroxylation is 1. The molecule has 1 aliphatic rings. The van der Waals surface area contributed by atoms with Crippen LogP contribution in [0.1, 0.15) is 50.7 Å². The van der Waals surface area contributed by atoms with Crippen molar-refractivity contribution in [1.82, 2.24) is 0 Å². The Bertz CT molecular complexity index is 418. The molecule has 2 rings (SSSR count). The Kier molecular flexibility index (Phi) is 4.19. The summed E-state index contributed by atoms with van der Waals surface area (Å²) in [6.45, 7) is 4.46. The van der Waals surface area contributed by atoms with E-state index < -0.39 is 0 Å². The smallest absolute Gasteiger partial charge is 0.0126 e. The van der Waals surface area contributed by atoms with Crippen LogP contribution in [0.3, 0.4) is 0 Å². The molecule has 0 heterocycles. The third-order valence-corrected chi connectivity index (χ3v) is 3.49. The van der Waals surface area contributed by atoms with Crippen LogP contribution in [0.4, 0.5) is 0 Å². The van der Waals surface area contributed by atoms with E-state index in [4.69, 9.17) is 0 Å². The first-order valence-corrected chi connectivity index (χ1v) is 6.82. The van der Waals surface area contributed by atoms with Gasteiger partial charge in [-0.1, -0.05) is 62.3 Å². The van der Waals surface area contributed by atoms with Crippen molar-refractivity contribution in [3.8, 4) is 0 Å². The van der Waals surface area contributed by atoms with Gasteiger partial charge in [0.15, 0.2) is 0 Å². The number of hydrogen-bond donors (Lipinski definition) is 0. The molecule has 1 aromatic carbocycles. The normalized spacial score (nSPS) is 14.7. The highest BCUT2D eigenvalue weighted by molar-refractivity contribution is 5.77. The maximum atomic E-state index is 2.39. The van der Waals surface area contributed by atoms with Crippen molar-refractivity contribution in [2.75, 3.05) is 0 Å². The van der Waals surface area contributed by atoms with Gasteiger partial charge in [-0.15, -0.1) is 0 Å². The molecular formula is C17H22. The predicted octanol–water partition coefficient (Wildman–Crippen LogP) is 5.15. The molecule has 0 aromatic heterocycles. The minimum atomic E-state index is 1.12. The Labute approximate surface area is 105 Å². The number of benzene rings is 1. The van der Waals surface area contributed by atoms with Gasteiger partial charge in [-0.05, 0) is 42.4 Å². The predicted molar refractivity (Wildman–Crippen MR) is 76.0 cm³/mol. The lowest BCUT2D eigenvalue weighted by Gasteiger charge is -2.02. The first-order chi connectivity index (χ1) is 8.33. The molecule has 0 unspecified atom stereocenters. The van der Waals surface area contributed by atoms with Gasteiger partial charge in [0, 0.05) is 0 Å². The van der Waals surface area contributed by atoms with E-state index in [1.165, 1.54) is 36.0 Å². The molecule has 0 amide bonds. The van der Waals surface area contributed by atoms with E-state index in [1.54, 1.807) is 5.57 Å². The highest BCUT2D eigenvalue weighted by atomic mass is 14.1. The molecule has 0 fully saturated rings. The fourth-order valence-electron chi connectivity index (χ4n) is 2.29. The molecule has 0 spiro atoms. The summed E-state index contributed by atoms with van der Waals surface area (Å²) in [4.78, 5) is 0. The van der Waals surface area contributed by atoms with Crippen LogP contribution in [0, 0.1) is 0 Å². The monoisotopic (exact) mass is 226 g/mol. The first-order valence-electron chi connectivity index (χ1n) is 6.82. The lowest BCUT2D eigenvalue weighted by molar-refractivity contribution is 0.779. The molecule has 1 aliphatic carbocycles. The number of hydrogen-bond acceptors (Lipinski definition) is 0. The summed E-state index contributed by atoms with van der Waals surface area (Å²) in [5, 5.41) is 0. The van der Waals surface area contributed by atoms with Gasteiger partial charge < -0.3 is 0 Å². The van der Waals surface area contributed by atoms with Crippen molar-refractivity contribution in [3.63, 3.8) is 0 Å². The van der Waals surface area contributed by atoms with E-state index in [2.05, 4.69) is 50.3 Å². The summed E-state index contributed by atoms with van der Waals surface area (Å²) >= 11 is 0. The molecule has 90 valence electrons. The van der Waals surface area contributed by atoms with Gasteiger partial charge in [-0.25, -0.2) is 0 Å². The van der Waals surface area contributed by atoms with Crippen LogP contribution in [0.2, 0.25) is 0 Å². The largest absolute Gasteiger partial charge is 0.0726 e. The molecule has 0 saturated heterocycles. The lowest BCUT2D eigenvalue weighted by Crippen LogP contribution is -1.82. The van der Waals surface area contributed by atoms with E-state index in [0.29, 0.717) is 0 Å². The van der Waals surface area contributed by atoms with Crippen molar-refractivity contribution >= 4 is 5.57 Å². The average molecular weight is 226 g/mol. The fourth-order valence-corrected chi connectivity index (χ4v) is 2.29. The van der Waals surface area contributed by atoms with Crippen LogP contribution in [0.15, 0.2) is 42.0 Å². The zero-order valence-corrected chi connectivity index (χ0v) is 11.0. The summed E-state index contributed by atoms with van der Waals surface area (Å²) in [6.07, 6.45) is 10.9. The quantitative estimate of drug-likeness (QED) is 0.651. The summed E-state index contributed by atoms with van der Waals surface area (Å²) in [6, 6.07) is 9.00. The maximum Gasteiger partial charge on any atom is -0.0126 e. The van der Waals surface area contributed by atoms with Crippen molar-refractivity contribution < 1.29 is 0 Å². The van der Waals surface area contributed by atoms with Crippen molar-refractivity contribution in [2.24, 2.45) is 0 Å². The zero-order valence-electron chi connectivity index (χ0n) is 11.0. The molecule has 1 aromatic rings. The Morgan fingerprint density at radius 3 is 2.47 bits per heavy atom. The lowest BCUT2D eigenvalue weighted by atomic mass is 10.0. The molecule has 0 radical (unpaired) electrons. The van der Waals surface area contributed by atoms with Gasteiger partial charge >= 0.3 is 0 Å². The Hall–Kier alpha value is -1.30. The highest BCUT2D eigenvalue weighted by Gasteiger charge is 2.07. The maximum absolute atomic E-state index is 2.39.